The summed E-state index contributed by atoms with van der Waals surface area (Å²) in [4.78, 5) is 0. The molecule has 1 atom stereocenters. The van der Waals surface area contributed by atoms with Crippen molar-refractivity contribution in [3.63, 3.8) is 0 Å². The first-order chi connectivity index (χ1) is 4.43. The predicted octanol–water partition coefficient (Wildman–Crippen LogP) is -0.643. The lowest BCUT2D eigenvalue weighted by Crippen LogP contribution is -2.41. The number of aliphatic hydroxyl groups excluding tert-OH is 1. The van der Waals surface area contributed by atoms with Gasteiger partial charge >= 0.3 is 0 Å². The Hall–Kier alpha value is -0.120. The summed E-state index contributed by atoms with van der Waals surface area (Å²) in [6, 6.07) is 0.378. The van der Waals surface area contributed by atoms with Gasteiger partial charge in [0.1, 0.15) is 0 Å². The number of aliphatic hydroxyl groups is 1. The Morgan fingerprint density at radius 3 is 3.11 bits per heavy atom. The van der Waals surface area contributed by atoms with Crippen LogP contribution in [-0.2, 0) is 4.74 Å². The molecule has 0 spiro atoms. The van der Waals surface area contributed by atoms with Crippen LogP contribution in [0.15, 0.2) is 0 Å². The van der Waals surface area contributed by atoms with Crippen LogP contribution in [0, 0.1) is 0 Å². The fourth-order valence-electron chi connectivity index (χ4n) is 0.961. The largest absolute Gasteiger partial charge is 0.396 e. The molecule has 0 unspecified atom stereocenters. The summed E-state index contributed by atoms with van der Waals surface area (Å²) in [5.74, 6) is 0. The summed E-state index contributed by atoms with van der Waals surface area (Å²) in [5.41, 5.74) is 0. The van der Waals surface area contributed by atoms with Gasteiger partial charge in [-0.3, -0.25) is 0 Å². The van der Waals surface area contributed by atoms with E-state index < -0.39 is 0 Å². The molecule has 0 aliphatic carbocycles. The lowest BCUT2D eigenvalue weighted by atomic mass is 10.2. The third-order valence-electron chi connectivity index (χ3n) is 1.48. The topological polar surface area (TPSA) is 41.5 Å². The van der Waals surface area contributed by atoms with Gasteiger partial charge in [-0.2, -0.15) is 0 Å². The van der Waals surface area contributed by atoms with E-state index in [1.165, 1.54) is 0 Å². The molecule has 1 aliphatic heterocycles. The fourth-order valence-corrected chi connectivity index (χ4v) is 0.961. The highest BCUT2D eigenvalue weighted by atomic mass is 16.5. The number of rotatable bonds is 2. The lowest BCUT2D eigenvalue weighted by molar-refractivity contribution is 0.0677. The summed E-state index contributed by atoms with van der Waals surface area (Å²) >= 11 is 0. The van der Waals surface area contributed by atoms with Crippen molar-refractivity contribution in [2.45, 2.75) is 12.5 Å². The molecule has 0 saturated carbocycles. The van der Waals surface area contributed by atoms with Gasteiger partial charge in [0.25, 0.3) is 0 Å². The summed E-state index contributed by atoms with van der Waals surface area (Å²) in [6.07, 6.45) is 0.806. The van der Waals surface area contributed by atoms with Crippen LogP contribution in [0.2, 0.25) is 0 Å². The van der Waals surface area contributed by atoms with Gasteiger partial charge in [0.15, 0.2) is 0 Å². The SMILES string of the molecule is OCC[C@H]1COCCN1. The van der Waals surface area contributed by atoms with Crippen LogP contribution in [-0.4, -0.2) is 37.5 Å². The summed E-state index contributed by atoms with van der Waals surface area (Å²) in [6.45, 7) is 2.73. The maximum atomic E-state index is 8.52. The minimum absolute atomic E-state index is 0.251. The van der Waals surface area contributed by atoms with Gasteiger partial charge < -0.3 is 15.2 Å². The fraction of sp³-hybridized carbons (Fsp3) is 1.00. The van der Waals surface area contributed by atoms with E-state index in [1.54, 1.807) is 0 Å². The van der Waals surface area contributed by atoms with Gasteiger partial charge in [-0.05, 0) is 6.42 Å². The van der Waals surface area contributed by atoms with Crippen molar-refractivity contribution < 1.29 is 9.84 Å². The van der Waals surface area contributed by atoms with E-state index in [0.717, 1.165) is 26.2 Å². The van der Waals surface area contributed by atoms with Crippen LogP contribution < -0.4 is 5.32 Å². The smallest absolute Gasteiger partial charge is 0.0621 e. The summed E-state index contributed by atoms with van der Waals surface area (Å²) < 4.78 is 5.16. The van der Waals surface area contributed by atoms with Gasteiger partial charge in [0.05, 0.1) is 13.2 Å². The molecule has 1 saturated heterocycles. The molecule has 0 bridgehead atoms. The molecule has 0 aromatic rings. The molecular weight excluding hydrogens is 118 g/mol. The highest BCUT2D eigenvalue weighted by Crippen LogP contribution is 1.95. The number of hydrogen-bond acceptors (Lipinski definition) is 3. The molecular formula is C6H13NO2. The van der Waals surface area contributed by atoms with Gasteiger partial charge in [0, 0.05) is 19.2 Å². The van der Waals surface area contributed by atoms with Crippen molar-refractivity contribution in [1.82, 2.24) is 5.32 Å². The minimum Gasteiger partial charge on any atom is -0.396 e. The van der Waals surface area contributed by atoms with Gasteiger partial charge in [0.2, 0.25) is 0 Å². The Bertz CT molecular complexity index is 68.7. The first kappa shape index (κ1) is 6.99. The zero-order valence-corrected chi connectivity index (χ0v) is 5.47. The second-order valence-electron chi connectivity index (χ2n) is 2.24. The average Bonchev–Trinajstić information content (AvgIpc) is 1.91. The van der Waals surface area contributed by atoms with Crippen LogP contribution in [0.3, 0.4) is 0 Å². The lowest BCUT2D eigenvalue weighted by Gasteiger charge is -2.22. The molecule has 0 aromatic heterocycles. The van der Waals surface area contributed by atoms with Gasteiger partial charge in [-0.15, -0.1) is 0 Å². The number of ether oxygens (including phenoxy) is 1. The van der Waals surface area contributed by atoms with E-state index in [2.05, 4.69) is 5.32 Å². The molecule has 1 heterocycles. The van der Waals surface area contributed by atoms with Crippen molar-refractivity contribution in [1.29, 1.82) is 0 Å². The molecule has 3 nitrogen and oxygen atoms in total. The minimum atomic E-state index is 0.251. The van der Waals surface area contributed by atoms with Crippen LogP contribution in [0.25, 0.3) is 0 Å². The summed E-state index contributed by atoms with van der Waals surface area (Å²) in [5, 5.41) is 11.8. The monoisotopic (exact) mass is 131 g/mol. The van der Waals surface area contributed by atoms with Crippen molar-refractivity contribution in [3.05, 3.63) is 0 Å². The zero-order valence-electron chi connectivity index (χ0n) is 5.47. The normalized spacial score (nSPS) is 28.3. The van der Waals surface area contributed by atoms with E-state index in [9.17, 15) is 0 Å². The molecule has 54 valence electrons. The molecule has 3 heteroatoms. The molecule has 0 radical (unpaired) electrons. The molecule has 1 aliphatic rings. The van der Waals surface area contributed by atoms with Gasteiger partial charge in [-0.1, -0.05) is 0 Å². The first-order valence-electron chi connectivity index (χ1n) is 3.35. The average molecular weight is 131 g/mol. The molecule has 2 N–H and O–H groups in total. The van der Waals surface area contributed by atoms with E-state index in [0.29, 0.717) is 6.04 Å². The second kappa shape index (κ2) is 3.82. The molecule has 1 fully saturated rings. The number of morpholine rings is 1. The Kier molecular flexibility index (Phi) is 2.97. The Labute approximate surface area is 55.0 Å². The van der Waals surface area contributed by atoms with E-state index in [4.69, 9.17) is 9.84 Å². The third kappa shape index (κ3) is 2.30. The molecule has 0 amide bonds. The number of nitrogens with one attached hydrogen (secondary N) is 1. The van der Waals surface area contributed by atoms with Crippen molar-refractivity contribution in [2.75, 3.05) is 26.4 Å². The van der Waals surface area contributed by atoms with Crippen molar-refractivity contribution in [2.24, 2.45) is 0 Å². The zero-order chi connectivity index (χ0) is 6.53. The highest BCUT2D eigenvalue weighted by molar-refractivity contribution is 4.68. The molecule has 1 rings (SSSR count). The second-order valence-corrected chi connectivity index (χ2v) is 2.24. The number of hydrogen-bond donors (Lipinski definition) is 2. The van der Waals surface area contributed by atoms with E-state index >= 15 is 0 Å². The first-order valence-corrected chi connectivity index (χ1v) is 3.35. The Morgan fingerprint density at radius 2 is 2.56 bits per heavy atom. The van der Waals surface area contributed by atoms with Crippen LogP contribution in [0.4, 0.5) is 0 Å². The quantitative estimate of drug-likeness (QED) is 0.523. The van der Waals surface area contributed by atoms with Crippen LogP contribution in [0.5, 0.6) is 0 Å². The van der Waals surface area contributed by atoms with Crippen molar-refractivity contribution in [3.8, 4) is 0 Å². The van der Waals surface area contributed by atoms with Gasteiger partial charge in [-0.25, -0.2) is 0 Å². The van der Waals surface area contributed by atoms with E-state index in [-0.39, 0.29) is 6.61 Å². The summed E-state index contributed by atoms with van der Waals surface area (Å²) in [7, 11) is 0. The highest BCUT2D eigenvalue weighted by Gasteiger charge is 2.10. The Morgan fingerprint density at radius 1 is 1.67 bits per heavy atom. The maximum absolute atomic E-state index is 8.52. The van der Waals surface area contributed by atoms with Crippen LogP contribution >= 0.6 is 0 Å². The standard InChI is InChI=1S/C6H13NO2/c8-3-1-6-5-9-4-2-7-6/h6-8H,1-5H2/t6-/m0/s1. The third-order valence-corrected chi connectivity index (χ3v) is 1.48. The molecule has 0 aromatic carbocycles. The Balaban J connectivity index is 2.08. The van der Waals surface area contributed by atoms with Crippen molar-refractivity contribution >= 4 is 0 Å². The van der Waals surface area contributed by atoms with E-state index in [1.807, 2.05) is 0 Å². The van der Waals surface area contributed by atoms with Crippen LogP contribution in [0.1, 0.15) is 6.42 Å². The predicted molar refractivity (Wildman–Crippen MR) is 34.3 cm³/mol. The molecule has 9 heavy (non-hydrogen) atoms. The maximum Gasteiger partial charge on any atom is 0.0621 e.